The lowest BCUT2D eigenvalue weighted by Gasteiger charge is -2.31. The number of tetrazole rings is 1. The number of aromatic amines is 1. The number of carbonyl (C=O) groups excluding carboxylic acids is 1. The van der Waals surface area contributed by atoms with Crippen molar-refractivity contribution in [1.82, 2.24) is 25.5 Å². The number of likely N-dealkylation sites (tertiary alicyclic amines) is 1. The number of rotatable bonds is 3. The predicted octanol–water partition coefficient (Wildman–Crippen LogP) is 2.51. The Balaban J connectivity index is 1.51. The summed E-state index contributed by atoms with van der Waals surface area (Å²) in [6.07, 6.45) is 4.00. The van der Waals surface area contributed by atoms with Crippen LogP contribution in [0.2, 0.25) is 0 Å². The zero-order valence-corrected chi connectivity index (χ0v) is 14.5. The van der Waals surface area contributed by atoms with Crippen LogP contribution in [0.5, 0.6) is 0 Å². The van der Waals surface area contributed by atoms with Gasteiger partial charge in [0.1, 0.15) is 5.58 Å². The quantitative estimate of drug-likeness (QED) is 0.792. The molecule has 0 radical (unpaired) electrons. The van der Waals surface area contributed by atoms with Gasteiger partial charge < -0.3 is 9.32 Å². The number of H-pyrrole nitrogens is 1. The average molecular weight is 339 g/mol. The van der Waals surface area contributed by atoms with Crippen LogP contribution in [0.3, 0.4) is 0 Å². The van der Waals surface area contributed by atoms with Crippen molar-refractivity contribution in [2.45, 2.75) is 39.0 Å². The van der Waals surface area contributed by atoms with Gasteiger partial charge in [0.2, 0.25) is 5.91 Å². The van der Waals surface area contributed by atoms with Crippen molar-refractivity contribution in [1.29, 1.82) is 0 Å². The van der Waals surface area contributed by atoms with Gasteiger partial charge in [-0.1, -0.05) is 5.21 Å². The molecule has 0 bridgehead atoms. The van der Waals surface area contributed by atoms with Crippen molar-refractivity contribution in [3.05, 3.63) is 40.9 Å². The molecule has 25 heavy (non-hydrogen) atoms. The minimum absolute atomic E-state index is 0.120. The van der Waals surface area contributed by atoms with Gasteiger partial charge in [0.25, 0.3) is 0 Å². The second-order valence-electron chi connectivity index (χ2n) is 6.82. The summed E-state index contributed by atoms with van der Waals surface area (Å²) in [5, 5.41) is 15.3. The third-order valence-corrected chi connectivity index (χ3v) is 5.11. The van der Waals surface area contributed by atoms with E-state index in [0.717, 1.165) is 35.9 Å². The van der Waals surface area contributed by atoms with E-state index >= 15 is 0 Å². The molecule has 1 saturated heterocycles. The fourth-order valence-corrected chi connectivity index (χ4v) is 3.50. The lowest BCUT2D eigenvalue weighted by molar-refractivity contribution is -0.131. The number of benzene rings is 1. The van der Waals surface area contributed by atoms with Crippen molar-refractivity contribution < 1.29 is 9.21 Å². The van der Waals surface area contributed by atoms with Crippen LogP contribution < -0.4 is 0 Å². The fraction of sp³-hybridized carbons (Fsp3) is 0.444. The standard InChI is InChI=1S/C18H21N5O2/c1-11-6-15-14(10-25-16(15)7-12(11)2)8-17(24)23-5-3-4-13(9-23)18-19-21-22-20-18/h6-7,10,13H,3-5,8-9H2,1-2H3,(H,19,20,21,22). The maximum atomic E-state index is 12.8. The molecule has 1 N–H and O–H groups in total. The molecule has 0 spiro atoms. The van der Waals surface area contributed by atoms with Crippen LogP contribution in [0.1, 0.15) is 41.3 Å². The third kappa shape index (κ3) is 3.01. The molecule has 130 valence electrons. The summed E-state index contributed by atoms with van der Waals surface area (Å²) in [5.74, 6) is 0.967. The molecule has 1 unspecified atom stereocenters. The number of aryl methyl sites for hydroxylation is 2. The van der Waals surface area contributed by atoms with Crippen LogP contribution in [0, 0.1) is 13.8 Å². The van der Waals surface area contributed by atoms with Gasteiger partial charge in [-0.2, -0.15) is 5.21 Å². The highest BCUT2D eigenvalue weighted by molar-refractivity contribution is 5.88. The number of hydrogen-bond acceptors (Lipinski definition) is 5. The monoisotopic (exact) mass is 339 g/mol. The van der Waals surface area contributed by atoms with Gasteiger partial charge in [0.15, 0.2) is 5.82 Å². The lowest BCUT2D eigenvalue weighted by Crippen LogP contribution is -2.40. The molecule has 0 aliphatic carbocycles. The first-order valence-electron chi connectivity index (χ1n) is 8.60. The smallest absolute Gasteiger partial charge is 0.227 e. The molecule has 7 heteroatoms. The molecule has 1 aliphatic heterocycles. The Labute approximate surface area is 145 Å². The predicted molar refractivity (Wildman–Crippen MR) is 92.1 cm³/mol. The van der Waals surface area contributed by atoms with Crippen molar-refractivity contribution in [2.75, 3.05) is 13.1 Å². The first kappa shape index (κ1) is 15.8. The fourth-order valence-electron chi connectivity index (χ4n) is 3.50. The average Bonchev–Trinajstić information content (AvgIpc) is 3.27. The van der Waals surface area contributed by atoms with Crippen molar-refractivity contribution >= 4 is 16.9 Å². The summed E-state index contributed by atoms with van der Waals surface area (Å²) in [6.45, 7) is 5.56. The van der Waals surface area contributed by atoms with Crippen LogP contribution in [-0.2, 0) is 11.2 Å². The van der Waals surface area contributed by atoms with Crippen LogP contribution in [0.15, 0.2) is 22.8 Å². The minimum Gasteiger partial charge on any atom is -0.464 e. The number of hydrogen-bond donors (Lipinski definition) is 1. The Morgan fingerprint density at radius 2 is 2.20 bits per heavy atom. The van der Waals surface area contributed by atoms with Crippen LogP contribution in [-0.4, -0.2) is 44.5 Å². The van der Waals surface area contributed by atoms with Gasteiger partial charge in [-0.25, -0.2) is 0 Å². The summed E-state index contributed by atoms with van der Waals surface area (Å²) in [7, 11) is 0. The highest BCUT2D eigenvalue weighted by Crippen LogP contribution is 2.27. The first-order valence-corrected chi connectivity index (χ1v) is 8.60. The first-order chi connectivity index (χ1) is 12.1. The van der Waals surface area contributed by atoms with E-state index in [1.807, 2.05) is 11.0 Å². The molecular formula is C18H21N5O2. The molecule has 1 amide bonds. The summed E-state index contributed by atoms with van der Waals surface area (Å²) in [5.41, 5.74) is 4.19. The summed E-state index contributed by atoms with van der Waals surface area (Å²) in [4.78, 5) is 14.7. The summed E-state index contributed by atoms with van der Waals surface area (Å²) < 4.78 is 5.65. The maximum absolute atomic E-state index is 12.8. The molecular weight excluding hydrogens is 318 g/mol. The zero-order chi connectivity index (χ0) is 17.4. The maximum Gasteiger partial charge on any atom is 0.227 e. The molecule has 0 saturated carbocycles. The number of carbonyl (C=O) groups is 1. The molecule has 2 aromatic heterocycles. The number of amides is 1. The van der Waals surface area contributed by atoms with Crippen molar-refractivity contribution in [2.24, 2.45) is 0 Å². The topological polar surface area (TPSA) is 87.9 Å². The Morgan fingerprint density at radius 1 is 1.36 bits per heavy atom. The highest BCUT2D eigenvalue weighted by Gasteiger charge is 2.27. The van der Waals surface area contributed by atoms with E-state index in [2.05, 4.69) is 40.5 Å². The van der Waals surface area contributed by atoms with Gasteiger partial charge >= 0.3 is 0 Å². The van der Waals surface area contributed by atoms with Gasteiger partial charge in [0, 0.05) is 30.0 Å². The number of fused-ring (bicyclic) bond motifs is 1. The van der Waals surface area contributed by atoms with Crippen LogP contribution in [0.4, 0.5) is 0 Å². The Morgan fingerprint density at radius 3 is 3.00 bits per heavy atom. The Bertz CT molecular complexity index is 900. The summed E-state index contributed by atoms with van der Waals surface area (Å²) in [6, 6.07) is 4.14. The van der Waals surface area contributed by atoms with Gasteiger partial charge in [-0.05, 0) is 49.9 Å². The number of piperidine rings is 1. The largest absolute Gasteiger partial charge is 0.464 e. The van der Waals surface area contributed by atoms with Crippen molar-refractivity contribution in [3.63, 3.8) is 0 Å². The molecule has 4 rings (SSSR count). The van der Waals surface area contributed by atoms with E-state index in [9.17, 15) is 4.79 Å². The molecule has 1 fully saturated rings. The van der Waals surface area contributed by atoms with Gasteiger partial charge in [0.05, 0.1) is 12.7 Å². The third-order valence-electron chi connectivity index (χ3n) is 5.11. The van der Waals surface area contributed by atoms with E-state index < -0.39 is 0 Å². The molecule has 3 aromatic rings. The van der Waals surface area contributed by atoms with Gasteiger partial charge in [-0.15, -0.1) is 10.2 Å². The van der Waals surface area contributed by atoms with Gasteiger partial charge in [-0.3, -0.25) is 4.79 Å². The Hall–Kier alpha value is -2.70. The normalized spacial score (nSPS) is 18.0. The molecule has 1 atom stereocenters. The summed E-state index contributed by atoms with van der Waals surface area (Å²) >= 11 is 0. The highest BCUT2D eigenvalue weighted by atomic mass is 16.3. The number of nitrogens with one attached hydrogen (secondary N) is 1. The van der Waals surface area contributed by atoms with E-state index in [1.54, 1.807) is 6.26 Å². The van der Waals surface area contributed by atoms with Crippen LogP contribution >= 0.6 is 0 Å². The molecule has 1 aromatic carbocycles. The lowest BCUT2D eigenvalue weighted by atomic mass is 9.96. The van der Waals surface area contributed by atoms with E-state index in [4.69, 9.17) is 4.42 Å². The molecule has 7 nitrogen and oxygen atoms in total. The SMILES string of the molecule is Cc1cc2occ(CC(=O)N3CCCC(c4nn[nH]n4)C3)c2cc1C. The second kappa shape index (κ2) is 6.31. The minimum atomic E-state index is 0.120. The van der Waals surface area contributed by atoms with Crippen molar-refractivity contribution in [3.8, 4) is 0 Å². The molecule has 1 aliphatic rings. The van der Waals surface area contributed by atoms with Crippen LogP contribution in [0.25, 0.3) is 11.0 Å². The Kier molecular flexibility index (Phi) is 3.99. The number of aromatic nitrogens is 4. The second-order valence-corrected chi connectivity index (χ2v) is 6.82. The number of furan rings is 1. The number of nitrogens with zero attached hydrogens (tertiary/aromatic N) is 4. The zero-order valence-electron chi connectivity index (χ0n) is 14.5. The van der Waals surface area contributed by atoms with E-state index in [0.29, 0.717) is 18.8 Å². The van der Waals surface area contributed by atoms with E-state index in [1.165, 1.54) is 11.1 Å². The molecule has 3 heterocycles. The van der Waals surface area contributed by atoms with E-state index in [-0.39, 0.29) is 11.8 Å².